The summed E-state index contributed by atoms with van der Waals surface area (Å²) in [6.07, 6.45) is 2.93. The summed E-state index contributed by atoms with van der Waals surface area (Å²) in [4.78, 5) is 27.7. The number of nitrogens with zero attached hydrogens (tertiary/aromatic N) is 2. The van der Waals surface area contributed by atoms with Gasteiger partial charge in [0.1, 0.15) is 11.5 Å². The third-order valence-corrected chi connectivity index (χ3v) is 6.75. The molecule has 0 atom stereocenters. The second-order valence-corrected chi connectivity index (χ2v) is 9.27. The molecule has 6 nitrogen and oxygen atoms in total. The van der Waals surface area contributed by atoms with E-state index >= 15 is 0 Å². The van der Waals surface area contributed by atoms with E-state index in [4.69, 9.17) is 27.6 Å². The van der Waals surface area contributed by atoms with Crippen LogP contribution in [0.1, 0.15) is 5.76 Å². The number of furan rings is 1. The SMILES string of the molecule is O=C(/C=C/c1ccc(-c2ccc(Cl)cc2[N+](=O)[O-])o1)N1c2ccccc2Sc2ccc(Cl)cc21. The number of hydrogen-bond acceptors (Lipinski definition) is 5. The minimum absolute atomic E-state index is 0.163. The fourth-order valence-electron chi connectivity index (χ4n) is 3.64. The van der Waals surface area contributed by atoms with E-state index in [1.54, 1.807) is 47.0 Å². The predicted octanol–water partition coefficient (Wildman–Crippen LogP) is 8.00. The predicted molar refractivity (Wildman–Crippen MR) is 134 cm³/mol. The summed E-state index contributed by atoms with van der Waals surface area (Å²) in [5, 5.41) is 12.2. The molecule has 0 aliphatic carbocycles. The van der Waals surface area contributed by atoms with Crippen molar-refractivity contribution in [2.75, 3.05) is 4.90 Å². The lowest BCUT2D eigenvalue weighted by Crippen LogP contribution is -2.26. The summed E-state index contributed by atoms with van der Waals surface area (Å²) in [5.41, 5.74) is 1.59. The third kappa shape index (κ3) is 4.21. The first-order valence-electron chi connectivity index (χ1n) is 10.0. The minimum Gasteiger partial charge on any atom is -0.456 e. The van der Waals surface area contributed by atoms with Gasteiger partial charge in [0.05, 0.1) is 21.9 Å². The summed E-state index contributed by atoms with van der Waals surface area (Å²) in [6.45, 7) is 0. The highest BCUT2D eigenvalue weighted by atomic mass is 35.5. The van der Waals surface area contributed by atoms with Crippen LogP contribution in [-0.2, 0) is 4.79 Å². The molecule has 0 saturated heterocycles. The number of hydrogen-bond donors (Lipinski definition) is 0. The molecule has 168 valence electrons. The summed E-state index contributed by atoms with van der Waals surface area (Å²) < 4.78 is 5.77. The van der Waals surface area contributed by atoms with Crippen LogP contribution >= 0.6 is 35.0 Å². The highest BCUT2D eigenvalue weighted by molar-refractivity contribution is 7.99. The maximum atomic E-state index is 13.3. The number of carbonyl (C=O) groups excluding carboxylic acids is 1. The van der Waals surface area contributed by atoms with Gasteiger partial charge in [0.15, 0.2) is 0 Å². The molecule has 0 N–H and O–H groups in total. The van der Waals surface area contributed by atoms with Crippen molar-refractivity contribution in [3.05, 3.63) is 105 Å². The second-order valence-electron chi connectivity index (χ2n) is 7.31. The molecule has 2 heterocycles. The Labute approximate surface area is 208 Å². The van der Waals surface area contributed by atoms with E-state index in [1.807, 2.05) is 30.3 Å². The zero-order valence-electron chi connectivity index (χ0n) is 17.3. The lowest BCUT2D eigenvalue weighted by Gasteiger charge is -2.30. The number of fused-ring (bicyclic) bond motifs is 2. The Bertz CT molecular complexity index is 1480. The molecule has 0 unspecified atom stereocenters. The Balaban J connectivity index is 1.46. The van der Waals surface area contributed by atoms with Gasteiger partial charge in [-0.15, -0.1) is 0 Å². The quantitative estimate of drug-likeness (QED) is 0.158. The van der Waals surface area contributed by atoms with Gasteiger partial charge in [-0.25, -0.2) is 0 Å². The van der Waals surface area contributed by atoms with Crippen molar-refractivity contribution in [3.8, 4) is 11.3 Å². The van der Waals surface area contributed by atoms with Crippen LogP contribution in [0.2, 0.25) is 10.0 Å². The molecular weight excluding hydrogens is 495 g/mol. The molecule has 5 rings (SSSR count). The van der Waals surface area contributed by atoms with E-state index in [1.165, 1.54) is 24.3 Å². The van der Waals surface area contributed by atoms with Gasteiger partial charge in [0.25, 0.3) is 11.6 Å². The molecule has 9 heteroatoms. The largest absolute Gasteiger partial charge is 0.456 e. The van der Waals surface area contributed by atoms with Crippen LogP contribution in [0.4, 0.5) is 17.1 Å². The maximum Gasteiger partial charge on any atom is 0.281 e. The van der Waals surface area contributed by atoms with Gasteiger partial charge in [0, 0.05) is 32.0 Å². The Kier molecular flexibility index (Phi) is 5.91. The molecule has 1 amide bonds. The van der Waals surface area contributed by atoms with E-state index in [9.17, 15) is 14.9 Å². The van der Waals surface area contributed by atoms with Crippen molar-refractivity contribution in [3.63, 3.8) is 0 Å². The van der Waals surface area contributed by atoms with E-state index in [0.717, 1.165) is 15.5 Å². The van der Waals surface area contributed by atoms with Crippen molar-refractivity contribution < 1.29 is 14.1 Å². The average molecular weight is 509 g/mol. The normalized spacial score (nSPS) is 12.5. The Morgan fingerprint density at radius 1 is 0.941 bits per heavy atom. The van der Waals surface area contributed by atoms with Crippen molar-refractivity contribution in [2.45, 2.75) is 9.79 Å². The zero-order valence-corrected chi connectivity index (χ0v) is 19.6. The first kappa shape index (κ1) is 22.3. The number of rotatable bonds is 4. The number of nitro benzene ring substituents is 1. The van der Waals surface area contributed by atoms with Crippen LogP contribution in [0.3, 0.4) is 0 Å². The zero-order chi connectivity index (χ0) is 23.8. The molecule has 0 bridgehead atoms. The van der Waals surface area contributed by atoms with Crippen molar-refractivity contribution in [1.82, 2.24) is 0 Å². The minimum atomic E-state index is -0.517. The molecular formula is C25H14Cl2N2O4S. The van der Waals surface area contributed by atoms with Crippen LogP contribution in [0.5, 0.6) is 0 Å². The van der Waals surface area contributed by atoms with Crippen LogP contribution in [0.25, 0.3) is 17.4 Å². The molecule has 3 aromatic carbocycles. The lowest BCUT2D eigenvalue weighted by molar-refractivity contribution is -0.384. The first-order valence-corrected chi connectivity index (χ1v) is 11.6. The number of carbonyl (C=O) groups is 1. The van der Waals surface area contributed by atoms with Crippen LogP contribution in [-0.4, -0.2) is 10.8 Å². The molecule has 1 aromatic heterocycles. The van der Waals surface area contributed by atoms with E-state index in [0.29, 0.717) is 27.8 Å². The van der Waals surface area contributed by atoms with E-state index in [-0.39, 0.29) is 16.6 Å². The van der Waals surface area contributed by atoms with Gasteiger partial charge in [-0.2, -0.15) is 0 Å². The number of para-hydroxylation sites is 1. The average Bonchev–Trinajstić information content (AvgIpc) is 3.30. The van der Waals surface area contributed by atoms with Crippen LogP contribution < -0.4 is 4.90 Å². The smallest absolute Gasteiger partial charge is 0.281 e. The number of anilines is 2. The third-order valence-electron chi connectivity index (χ3n) is 5.15. The fourth-order valence-corrected chi connectivity index (χ4v) is 5.02. The van der Waals surface area contributed by atoms with E-state index in [2.05, 4.69) is 0 Å². The van der Waals surface area contributed by atoms with Gasteiger partial charge in [-0.1, -0.05) is 47.1 Å². The summed E-state index contributed by atoms with van der Waals surface area (Å²) >= 11 is 13.7. The summed E-state index contributed by atoms with van der Waals surface area (Å²) in [6, 6.07) is 20.7. The molecule has 1 aliphatic rings. The van der Waals surface area contributed by atoms with Crippen LogP contribution in [0.15, 0.2) is 93.1 Å². The lowest BCUT2D eigenvalue weighted by atomic mass is 10.1. The van der Waals surface area contributed by atoms with Crippen LogP contribution in [0, 0.1) is 10.1 Å². The van der Waals surface area contributed by atoms with Gasteiger partial charge < -0.3 is 4.42 Å². The van der Waals surface area contributed by atoms with Gasteiger partial charge in [0.2, 0.25) is 0 Å². The molecule has 0 radical (unpaired) electrons. The second kappa shape index (κ2) is 9.02. The standard InChI is InChI=1S/C25H14Cl2N2O4S/c26-15-5-9-18(20(13-15)29(31)32)22-10-7-17(33-22)8-12-25(30)28-19-3-1-2-4-23(19)34-24-11-6-16(27)14-21(24)28/h1-14H/b12-8+. The number of halogens is 2. The summed E-state index contributed by atoms with van der Waals surface area (Å²) in [7, 11) is 0. The molecule has 0 spiro atoms. The van der Waals surface area contributed by atoms with E-state index < -0.39 is 4.92 Å². The highest BCUT2D eigenvalue weighted by Gasteiger charge is 2.27. The van der Waals surface area contributed by atoms with Gasteiger partial charge in [-0.3, -0.25) is 19.8 Å². The molecule has 0 fully saturated rings. The van der Waals surface area contributed by atoms with Gasteiger partial charge in [-0.05, 0) is 60.7 Å². The van der Waals surface area contributed by atoms with Crippen molar-refractivity contribution in [1.29, 1.82) is 0 Å². The Hall–Kier alpha value is -3.52. The molecule has 34 heavy (non-hydrogen) atoms. The fraction of sp³-hybridized carbons (Fsp3) is 0. The van der Waals surface area contributed by atoms with Crippen molar-refractivity contribution >= 4 is 64.0 Å². The maximum absolute atomic E-state index is 13.3. The Morgan fingerprint density at radius 2 is 1.68 bits per heavy atom. The Morgan fingerprint density at radius 3 is 2.50 bits per heavy atom. The first-order chi connectivity index (χ1) is 16.4. The molecule has 0 saturated carbocycles. The highest BCUT2D eigenvalue weighted by Crippen LogP contribution is 2.48. The van der Waals surface area contributed by atoms with Gasteiger partial charge >= 0.3 is 0 Å². The number of amides is 1. The monoisotopic (exact) mass is 508 g/mol. The number of nitro groups is 1. The number of benzene rings is 3. The van der Waals surface area contributed by atoms with Crippen molar-refractivity contribution in [2.24, 2.45) is 0 Å². The molecule has 4 aromatic rings. The topological polar surface area (TPSA) is 76.6 Å². The summed E-state index contributed by atoms with van der Waals surface area (Å²) in [5.74, 6) is 0.387. The molecule has 1 aliphatic heterocycles.